The molecule has 4 rings (SSSR count). The van der Waals surface area contributed by atoms with Crippen molar-refractivity contribution in [1.82, 2.24) is 14.8 Å². The first-order valence-corrected chi connectivity index (χ1v) is 11.0. The number of rotatable bonds is 7. The molecule has 0 spiro atoms. The van der Waals surface area contributed by atoms with Crippen molar-refractivity contribution in [3.8, 4) is 0 Å². The van der Waals surface area contributed by atoms with Crippen molar-refractivity contribution in [3.63, 3.8) is 0 Å². The maximum Gasteiger partial charge on any atom is 0.295 e. The van der Waals surface area contributed by atoms with Crippen molar-refractivity contribution in [2.75, 3.05) is 26.2 Å². The summed E-state index contributed by atoms with van der Waals surface area (Å²) in [6.45, 7) is 6.87. The molecular formula is C26H27N3O3. The maximum absolute atomic E-state index is 13.2. The van der Waals surface area contributed by atoms with E-state index in [9.17, 15) is 14.7 Å². The first-order chi connectivity index (χ1) is 15.6. The minimum Gasteiger partial charge on any atom is -0.507 e. The summed E-state index contributed by atoms with van der Waals surface area (Å²) in [6, 6.07) is 16.2. The number of carbonyl (C=O) groups is 2. The number of aliphatic hydroxyl groups is 1. The maximum atomic E-state index is 13.2. The van der Waals surface area contributed by atoms with E-state index in [0.717, 1.165) is 23.9 Å². The van der Waals surface area contributed by atoms with Crippen molar-refractivity contribution in [2.45, 2.75) is 19.9 Å². The van der Waals surface area contributed by atoms with Crippen LogP contribution in [0.2, 0.25) is 0 Å². The van der Waals surface area contributed by atoms with Crippen molar-refractivity contribution in [2.24, 2.45) is 0 Å². The van der Waals surface area contributed by atoms with E-state index in [-0.39, 0.29) is 11.3 Å². The Morgan fingerprint density at radius 3 is 2.50 bits per heavy atom. The van der Waals surface area contributed by atoms with Gasteiger partial charge in [0.15, 0.2) is 0 Å². The van der Waals surface area contributed by atoms with Crippen molar-refractivity contribution in [1.29, 1.82) is 0 Å². The van der Waals surface area contributed by atoms with Crippen LogP contribution in [0.1, 0.15) is 31.0 Å². The molecule has 3 aromatic rings. The second-order valence-corrected chi connectivity index (χ2v) is 7.83. The number of Topliss-reactive ketones (excluding diaryl/α,β-unsaturated/α-hetero) is 1. The molecule has 2 aromatic carbocycles. The number of ketones is 1. The molecule has 6 nitrogen and oxygen atoms in total. The fourth-order valence-electron chi connectivity index (χ4n) is 4.36. The summed E-state index contributed by atoms with van der Waals surface area (Å²) >= 11 is 0. The van der Waals surface area contributed by atoms with E-state index in [0.29, 0.717) is 24.2 Å². The van der Waals surface area contributed by atoms with Crippen LogP contribution in [-0.4, -0.2) is 57.8 Å². The number of aromatic nitrogens is 1. The Hall–Kier alpha value is -3.51. The van der Waals surface area contributed by atoms with Gasteiger partial charge in [0.1, 0.15) is 5.76 Å². The van der Waals surface area contributed by atoms with Gasteiger partial charge >= 0.3 is 0 Å². The number of hydrogen-bond donors (Lipinski definition) is 1. The lowest BCUT2D eigenvalue weighted by Gasteiger charge is -2.28. The summed E-state index contributed by atoms with van der Waals surface area (Å²) in [6.07, 6.45) is 3.30. The molecule has 1 fully saturated rings. The monoisotopic (exact) mass is 429 g/mol. The molecular weight excluding hydrogens is 402 g/mol. The Kier molecular flexibility index (Phi) is 6.32. The van der Waals surface area contributed by atoms with Crippen LogP contribution < -0.4 is 0 Å². The van der Waals surface area contributed by atoms with E-state index in [4.69, 9.17) is 0 Å². The number of likely N-dealkylation sites (tertiary alicyclic amines) is 1. The predicted octanol–water partition coefficient (Wildman–Crippen LogP) is 4.00. The lowest BCUT2D eigenvalue weighted by atomic mass is 9.94. The predicted molar refractivity (Wildman–Crippen MR) is 125 cm³/mol. The lowest BCUT2D eigenvalue weighted by Crippen LogP contribution is -2.38. The number of aliphatic hydroxyl groups excluding tert-OH is 1. The smallest absolute Gasteiger partial charge is 0.295 e. The summed E-state index contributed by atoms with van der Waals surface area (Å²) in [5.41, 5.74) is 1.35. The zero-order chi connectivity index (χ0) is 22.7. The molecule has 1 unspecified atom stereocenters. The Bertz CT molecular complexity index is 1160. The van der Waals surface area contributed by atoms with Gasteiger partial charge in [-0.3, -0.25) is 14.6 Å². The Morgan fingerprint density at radius 2 is 1.78 bits per heavy atom. The van der Waals surface area contributed by atoms with Gasteiger partial charge in [-0.05, 0) is 35.5 Å². The van der Waals surface area contributed by atoms with Gasteiger partial charge in [0.25, 0.3) is 11.7 Å². The molecule has 1 N–H and O–H groups in total. The van der Waals surface area contributed by atoms with Crippen LogP contribution in [0.5, 0.6) is 0 Å². The number of benzene rings is 2. The van der Waals surface area contributed by atoms with Gasteiger partial charge in [0.2, 0.25) is 0 Å². The van der Waals surface area contributed by atoms with E-state index < -0.39 is 17.7 Å². The van der Waals surface area contributed by atoms with E-state index in [1.165, 1.54) is 0 Å². The number of likely N-dealkylation sites (N-methyl/N-ethyl adjacent to an activating group) is 1. The van der Waals surface area contributed by atoms with Gasteiger partial charge < -0.3 is 14.9 Å². The highest BCUT2D eigenvalue weighted by Crippen LogP contribution is 2.40. The normalized spacial score (nSPS) is 18.1. The number of pyridine rings is 1. The second kappa shape index (κ2) is 9.32. The number of amides is 1. The molecule has 6 heteroatoms. The first kappa shape index (κ1) is 21.7. The molecule has 1 saturated heterocycles. The van der Waals surface area contributed by atoms with Gasteiger partial charge in [-0.15, -0.1) is 0 Å². The molecule has 1 aliphatic heterocycles. The van der Waals surface area contributed by atoms with Crippen LogP contribution in [0.25, 0.3) is 16.5 Å². The summed E-state index contributed by atoms with van der Waals surface area (Å²) in [4.78, 5) is 34.2. The Labute approximate surface area is 187 Å². The van der Waals surface area contributed by atoms with Crippen LogP contribution in [0, 0.1) is 0 Å². The zero-order valence-electron chi connectivity index (χ0n) is 18.4. The second-order valence-electron chi connectivity index (χ2n) is 7.83. The number of nitrogens with zero attached hydrogens (tertiary/aromatic N) is 3. The molecule has 1 aliphatic rings. The quantitative estimate of drug-likeness (QED) is 0.349. The summed E-state index contributed by atoms with van der Waals surface area (Å²) in [5.74, 6) is -1.41. The van der Waals surface area contributed by atoms with Crippen LogP contribution in [0.4, 0.5) is 0 Å². The molecule has 1 amide bonds. The molecule has 32 heavy (non-hydrogen) atoms. The average Bonchev–Trinajstić information content (AvgIpc) is 3.09. The minimum atomic E-state index is -0.682. The highest BCUT2D eigenvalue weighted by atomic mass is 16.3. The van der Waals surface area contributed by atoms with E-state index in [1.807, 2.05) is 42.5 Å². The summed E-state index contributed by atoms with van der Waals surface area (Å²) in [7, 11) is 0. The SMILES string of the molecule is CCN(CC)CCN1C(=O)C(=O)/C(=C(\O)c2cccc3ccccc23)C1c1cccnc1. The fraction of sp³-hybridized carbons (Fsp3) is 0.269. The fourth-order valence-corrected chi connectivity index (χ4v) is 4.36. The van der Waals surface area contributed by atoms with Gasteiger partial charge in [-0.2, -0.15) is 0 Å². The molecule has 164 valence electrons. The van der Waals surface area contributed by atoms with Gasteiger partial charge in [0.05, 0.1) is 11.6 Å². The largest absolute Gasteiger partial charge is 0.507 e. The molecule has 0 aliphatic carbocycles. The highest BCUT2D eigenvalue weighted by Gasteiger charge is 2.46. The van der Waals surface area contributed by atoms with Gasteiger partial charge in [0, 0.05) is 31.0 Å². The Balaban J connectivity index is 1.85. The minimum absolute atomic E-state index is 0.110. The molecule has 0 radical (unpaired) electrons. The van der Waals surface area contributed by atoms with Crippen LogP contribution in [0.3, 0.4) is 0 Å². The summed E-state index contributed by atoms with van der Waals surface area (Å²) < 4.78 is 0. The molecule has 0 bridgehead atoms. The third-order valence-corrected chi connectivity index (χ3v) is 6.14. The van der Waals surface area contributed by atoms with Crippen LogP contribution in [0.15, 0.2) is 72.6 Å². The van der Waals surface area contributed by atoms with E-state index >= 15 is 0 Å². The molecule has 2 heterocycles. The summed E-state index contributed by atoms with van der Waals surface area (Å²) in [5, 5.41) is 13.1. The third-order valence-electron chi connectivity index (χ3n) is 6.14. The third kappa shape index (κ3) is 3.89. The van der Waals surface area contributed by atoms with E-state index in [2.05, 4.69) is 23.7 Å². The van der Waals surface area contributed by atoms with Gasteiger partial charge in [-0.1, -0.05) is 62.4 Å². The average molecular weight is 430 g/mol. The molecule has 1 atom stereocenters. The van der Waals surface area contributed by atoms with Crippen LogP contribution in [-0.2, 0) is 9.59 Å². The van der Waals surface area contributed by atoms with E-state index in [1.54, 1.807) is 29.4 Å². The van der Waals surface area contributed by atoms with Crippen molar-refractivity contribution < 1.29 is 14.7 Å². The standard InChI is InChI=1S/C26H27N3O3/c1-3-28(4-2)15-16-29-23(19-11-8-14-27-17-19)22(25(31)26(29)32)24(30)21-13-7-10-18-9-5-6-12-20(18)21/h5-14,17,23,30H,3-4,15-16H2,1-2H3/b24-22-. The number of carbonyl (C=O) groups excluding carboxylic acids is 2. The number of fused-ring (bicyclic) bond motifs is 1. The zero-order valence-corrected chi connectivity index (χ0v) is 18.4. The van der Waals surface area contributed by atoms with Crippen molar-refractivity contribution >= 4 is 28.2 Å². The lowest BCUT2D eigenvalue weighted by molar-refractivity contribution is -0.140. The highest BCUT2D eigenvalue weighted by molar-refractivity contribution is 6.46. The Morgan fingerprint density at radius 1 is 1.03 bits per heavy atom. The van der Waals surface area contributed by atoms with Crippen molar-refractivity contribution in [3.05, 3.63) is 83.7 Å². The first-order valence-electron chi connectivity index (χ1n) is 11.0. The van der Waals surface area contributed by atoms with Gasteiger partial charge in [-0.25, -0.2) is 0 Å². The topological polar surface area (TPSA) is 73.7 Å². The molecule has 1 aromatic heterocycles. The molecule has 0 saturated carbocycles. The van der Waals surface area contributed by atoms with Crippen LogP contribution >= 0.6 is 0 Å². The number of hydrogen-bond acceptors (Lipinski definition) is 5.